The van der Waals surface area contributed by atoms with Gasteiger partial charge in [-0.25, -0.2) is 4.98 Å². The van der Waals surface area contributed by atoms with E-state index in [2.05, 4.69) is 45.9 Å². The lowest BCUT2D eigenvalue weighted by Crippen LogP contribution is -2.37. The Morgan fingerprint density at radius 1 is 0.757 bits per heavy atom. The number of nitrogens with zero attached hydrogens (tertiary/aromatic N) is 2. The van der Waals surface area contributed by atoms with E-state index >= 15 is 0 Å². The number of imidazole rings is 1. The van der Waals surface area contributed by atoms with Crippen LogP contribution in [0.1, 0.15) is 27.9 Å². The first kappa shape index (κ1) is 24.2. The van der Waals surface area contributed by atoms with Crippen LogP contribution in [0.15, 0.2) is 134 Å². The Balaban J connectivity index is 1.48. The van der Waals surface area contributed by atoms with Crippen molar-refractivity contribution in [2.24, 2.45) is 5.73 Å². The molecule has 0 bridgehead atoms. The fourth-order valence-corrected chi connectivity index (χ4v) is 4.78. The average Bonchev–Trinajstić information content (AvgIpc) is 3.43. The first-order chi connectivity index (χ1) is 18.2. The molecule has 5 aromatic rings. The number of benzene rings is 4. The number of hydrogen-bond donors (Lipinski definition) is 1. The van der Waals surface area contributed by atoms with Crippen LogP contribution in [-0.4, -0.2) is 21.6 Å². The van der Waals surface area contributed by atoms with Gasteiger partial charge in [0, 0.05) is 12.6 Å². The quantitative estimate of drug-likeness (QED) is 0.225. The highest BCUT2D eigenvalue weighted by Crippen LogP contribution is 2.40. The molecule has 5 rings (SSSR count). The van der Waals surface area contributed by atoms with Gasteiger partial charge in [0.25, 0.3) is 0 Å². The van der Waals surface area contributed by atoms with E-state index in [0.29, 0.717) is 0 Å². The molecule has 0 saturated carbocycles. The Morgan fingerprint density at radius 2 is 1.22 bits per heavy atom. The van der Waals surface area contributed by atoms with E-state index in [9.17, 15) is 4.79 Å². The third-order valence-electron chi connectivity index (χ3n) is 6.55. The van der Waals surface area contributed by atoms with Crippen LogP contribution in [0.3, 0.4) is 0 Å². The summed E-state index contributed by atoms with van der Waals surface area (Å²) in [5, 5.41) is 0. The van der Waals surface area contributed by atoms with E-state index in [4.69, 9.17) is 10.5 Å². The largest absolute Gasteiger partial charge is 0.460 e. The molecule has 5 nitrogen and oxygen atoms in total. The van der Waals surface area contributed by atoms with Crippen molar-refractivity contribution in [1.82, 2.24) is 9.55 Å². The molecule has 2 N–H and O–H groups in total. The number of carbonyl (C=O) groups is 1. The van der Waals surface area contributed by atoms with Crippen LogP contribution in [0.5, 0.6) is 0 Å². The van der Waals surface area contributed by atoms with Gasteiger partial charge in [0.1, 0.15) is 18.2 Å². The second-order valence-corrected chi connectivity index (χ2v) is 8.98. The van der Waals surface area contributed by atoms with Gasteiger partial charge in [-0.3, -0.25) is 4.79 Å². The first-order valence-corrected chi connectivity index (χ1v) is 12.3. The summed E-state index contributed by atoms with van der Waals surface area (Å²) in [4.78, 5) is 17.3. The van der Waals surface area contributed by atoms with E-state index in [1.54, 1.807) is 0 Å². The predicted molar refractivity (Wildman–Crippen MR) is 145 cm³/mol. The van der Waals surface area contributed by atoms with Crippen LogP contribution in [-0.2, 0) is 28.1 Å². The average molecular weight is 488 g/mol. The van der Waals surface area contributed by atoms with E-state index in [-0.39, 0.29) is 13.0 Å². The van der Waals surface area contributed by atoms with Crippen molar-refractivity contribution in [3.05, 3.63) is 162 Å². The van der Waals surface area contributed by atoms with Crippen molar-refractivity contribution in [2.75, 3.05) is 0 Å². The number of rotatable bonds is 9. The Bertz CT molecular complexity index is 1320. The highest BCUT2D eigenvalue weighted by atomic mass is 16.5. The number of esters is 1. The summed E-state index contributed by atoms with van der Waals surface area (Å²) >= 11 is 0. The number of ether oxygens (including phenoxy) is 1. The maximum atomic E-state index is 12.6. The number of aromatic nitrogens is 2. The zero-order valence-electron chi connectivity index (χ0n) is 20.5. The molecule has 0 fully saturated rings. The van der Waals surface area contributed by atoms with Gasteiger partial charge in [0.05, 0.1) is 12.0 Å². The van der Waals surface area contributed by atoms with Crippen molar-refractivity contribution in [1.29, 1.82) is 0 Å². The fourth-order valence-electron chi connectivity index (χ4n) is 4.78. The minimum absolute atomic E-state index is 0.195. The number of carbonyl (C=O) groups excluding carboxylic acids is 1. The smallest absolute Gasteiger partial charge is 0.323 e. The van der Waals surface area contributed by atoms with Crippen LogP contribution < -0.4 is 5.73 Å². The Morgan fingerprint density at radius 3 is 1.70 bits per heavy atom. The topological polar surface area (TPSA) is 70.1 Å². The molecule has 1 aromatic heterocycles. The van der Waals surface area contributed by atoms with Crippen LogP contribution in [0.2, 0.25) is 0 Å². The van der Waals surface area contributed by atoms with E-state index in [0.717, 1.165) is 27.9 Å². The summed E-state index contributed by atoms with van der Waals surface area (Å²) in [6.45, 7) is 0.195. The maximum absolute atomic E-state index is 12.6. The molecule has 37 heavy (non-hydrogen) atoms. The molecule has 0 saturated heterocycles. The Kier molecular flexibility index (Phi) is 7.24. The van der Waals surface area contributed by atoms with Crippen molar-refractivity contribution in [3.8, 4) is 0 Å². The summed E-state index contributed by atoms with van der Waals surface area (Å²) in [5.74, 6) is -0.446. The summed E-state index contributed by atoms with van der Waals surface area (Å²) < 4.78 is 7.56. The second-order valence-electron chi connectivity index (χ2n) is 8.98. The molecule has 184 valence electrons. The van der Waals surface area contributed by atoms with Crippen LogP contribution >= 0.6 is 0 Å². The summed E-state index contributed by atoms with van der Waals surface area (Å²) in [6, 6.07) is 39.9. The van der Waals surface area contributed by atoms with Crippen molar-refractivity contribution < 1.29 is 9.53 Å². The maximum Gasteiger partial charge on any atom is 0.323 e. The van der Waals surface area contributed by atoms with Gasteiger partial charge in [0.15, 0.2) is 0 Å². The standard InChI is InChI=1S/C32H29N3O2/c33-30(31(36)37-23-25-13-5-1-6-14-25)21-29-22-35(24-34-29)32(26-15-7-2-8-16-26,27-17-9-3-10-18-27)28-19-11-4-12-20-28/h1-20,22,24,30H,21,23,33H2/t30-/m0/s1. The monoisotopic (exact) mass is 487 g/mol. The number of hydrogen-bond acceptors (Lipinski definition) is 4. The Labute approximate surface area is 217 Å². The van der Waals surface area contributed by atoms with Gasteiger partial charge < -0.3 is 15.0 Å². The zero-order chi connectivity index (χ0) is 25.5. The lowest BCUT2D eigenvalue weighted by Gasteiger charge is -2.37. The van der Waals surface area contributed by atoms with Crippen molar-refractivity contribution >= 4 is 5.97 Å². The van der Waals surface area contributed by atoms with Gasteiger partial charge >= 0.3 is 5.97 Å². The van der Waals surface area contributed by atoms with Crippen molar-refractivity contribution in [2.45, 2.75) is 24.6 Å². The highest BCUT2D eigenvalue weighted by molar-refractivity contribution is 5.75. The summed E-state index contributed by atoms with van der Waals surface area (Å²) in [5.41, 5.74) is 10.5. The minimum Gasteiger partial charge on any atom is -0.460 e. The molecule has 0 unspecified atom stereocenters. The van der Waals surface area contributed by atoms with Gasteiger partial charge in [-0.05, 0) is 22.3 Å². The minimum atomic E-state index is -0.813. The molecular weight excluding hydrogens is 458 g/mol. The van der Waals surface area contributed by atoms with Crippen LogP contribution in [0, 0.1) is 0 Å². The lowest BCUT2D eigenvalue weighted by atomic mass is 9.77. The van der Waals surface area contributed by atoms with Crippen LogP contribution in [0.4, 0.5) is 0 Å². The molecule has 0 radical (unpaired) electrons. The Hall–Kier alpha value is -4.48. The third kappa shape index (κ3) is 5.08. The molecule has 0 aliphatic rings. The van der Waals surface area contributed by atoms with Gasteiger partial charge in [-0.2, -0.15) is 0 Å². The normalized spacial score (nSPS) is 12.1. The van der Waals surface area contributed by atoms with Crippen molar-refractivity contribution in [3.63, 3.8) is 0 Å². The molecule has 1 heterocycles. The van der Waals surface area contributed by atoms with E-state index in [1.807, 2.05) is 97.5 Å². The van der Waals surface area contributed by atoms with Gasteiger partial charge in [-0.1, -0.05) is 121 Å². The SMILES string of the molecule is N[C@@H](Cc1cn(C(c2ccccc2)(c2ccccc2)c2ccccc2)cn1)C(=O)OCc1ccccc1. The zero-order valence-corrected chi connectivity index (χ0v) is 20.5. The van der Waals surface area contributed by atoms with E-state index in [1.165, 1.54) is 0 Å². The summed E-state index contributed by atoms with van der Waals surface area (Å²) in [7, 11) is 0. The second kappa shape index (κ2) is 11.1. The molecule has 0 amide bonds. The van der Waals surface area contributed by atoms with E-state index < -0.39 is 17.6 Å². The predicted octanol–water partition coefficient (Wildman–Crippen LogP) is 5.34. The van der Waals surface area contributed by atoms with Gasteiger partial charge in [0.2, 0.25) is 0 Å². The molecule has 5 heteroatoms. The first-order valence-electron chi connectivity index (χ1n) is 12.3. The fraction of sp³-hybridized carbons (Fsp3) is 0.125. The molecule has 0 aliphatic heterocycles. The molecule has 0 spiro atoms. The van der Waals surface area contributed by atoms with Crippen LogP contribution in [0.25, 0.3) is 0 Å². The molecule has 1 atom stereocenters. The molecular formula is C32H29N3O2. The third-order valence-corrected chi connectivity index (χ3v) is 6.55. The summed E-state index contributed by atoms with van der Waals surface area (Å²) in [6.07, 6.45) is 4.08. The molecule has 4 aromatic carbocycles. The van der Waals surface area contributed by atoms with Gasteiger partial charge in [-0.15, -0.1) is 0 Å². The number of nitrogens with two attached hydrogens (primary N) is 1. The highest BCUT2D eigenvalue weighted by Gasteiger charge is 2.38. The molecule has 0 aliphatic carbocycles. The lowest BCUT2D eigenvalue weighted by molar-refractivity contribution is -0.146.